The summed E-state index contributed by atoms with van der Waals surface area (Å²) in [7, 11) is 0. The molecule has 5 nitrogen and oxygen atoms in total. The number of hydrogen-bond donors (Lipinski definition) is 1. The predicted molar refractivity (Wildman–Crippen MR) is 67.7 cm³/mol. The van der Waals surface area contributed by atoms with Crippen molar-refractivity contribution in [2.24, 2.45) is 5.92 Å². The number of carbonyl (C=O) groups is 1. The van der Waals surface area contributed by atoms with E-state index in [-0.39, 0.29) is 27.7 Å². The lowest BCUT2D eigenvalue weighted by atomic mass is 10.0. The molecule has 7 heteroatoms. The van der Waals surface area contributed by atoms with E-state index in [0.29, 0.717) is 13.1 Å². The number of aliphatic hydroxyl groups excluding tert-OH is 1. The van der Waals surface area contributed by atoms with Crippen molar-refractivity contribution >= 4 is 29.1 Å². The average Bonchev–Trinajstić information content (AvgIpc) is 2.81. The zero-order valence-corrected chi connectivity index (χ0v) is 11.3. The van der Waals surface area contributed by atoms with E-state index in [1.165, 1.54) is 6.07 Å². The van der Waals surface area contributed by atoms with Gasteiger partial charge in [-0.2, -0.15) is 0 Å². The fourth-order valence-corrected chi connectivity index (χ4v) is 2.36. The van der Waals surface area contributed by atoms with Gasteiger partial charge in [0, 0.05) is 19.0 Å². The third-order valence-electron chi connectivity index (χ3n) is 3.14. The van der Waals surface area contributed by atoms with Crippen LogP contribution >= 0.6 is 23.2 Å². The van der Waals surface area contributed by atoms with Crippen LogP contribution in [0.1, 0.15) is 23.7 Å². The van der Waals surface area contributed by atoms with Crippen LogP contribution in [0, 0.1) is 5.92 Å². The van der Waals surface area contributed by atoms with Crippen molar-refractivity contribution in [3.8, 4) is 0 Å². The summed E-state index contributed by atoms with van der Waals surface area (Å²) in [6.45, 7) is 2.86. The van der Waals surface area contributed by atoms with E-state index < -0.39 is 6.10 Å². The fourth-order valence-electron chi connectivity index (χ4n) is 2.04. The highest BCUT2D eigenvalue weighted by atomic mass is 35.5. The van der Waals surface area contributed by atoms with Crippen LogP contribution in [0.2, 0.25) is 10.3 Å². The van der Waals surface area contributed by atoms with Crippen LogP contribution in [-0.4, -0.2) is 45.3 Å². The molecule has 1 aliphatic rings. The topological polar surface area (TPSA) is 66.3 Å². The van der Waals surface area contributed by atoms with Crippen molar-refractivity contribution in [2.75, 3.05) is 13.1 Å². The van der Waals surface area contributed by atoms with Gasteiger partial charge in [-0.15, -0.1) is 10.2 Å². The van der Waals surface area contributed by atoms with Gasteiger partial charge in [0.25, 0.3) is 5.91 Å². The van der Waals surface area contributed by atoms with Gasteiger partial charge in [-0.1, -0.05) is 23.2 Å². The number of aromatic nitrogens is 2. The molecule has 0 saturated carbocycles. The van der Waals surface area contributed by atoms with Crippen LogP contribution in [0.4, 0.5) is 0 Å². The number of halogens is 2. The van der Waals surface area contributed by atoms with Crippen LogP contribution in [0.25, 0.3) is 0 Å². The van der Waals surface area contributed by atoms with Gasteiger partial charge in [-0.3, -0.25) is 4.79 Å². The summed E-state index contributed by atoms with van der Waals surface area (Å²) in [6.07, 6.45) is 0.366. The smallest absolute Gasteiger partial charge is 0.257 e. The predicted octanol–water partition coefficient (Wildman–Crippen LogP) is 1.63. The first kappa shape index (κ1) is 13.5. The minimum absolute atomic E-state index is 0.0462. The van der Waals surface area contributed by atoms with Gasteiger partial charge in [0.05, 0.1) is 11.7 Å². The van der Waals surface area contributed by atoms with Gasteiger partial charge in [0.2, 0.25) is 0 Å². The number of amides is 1. The molecule has 1 aliphatic heterocycles. The highest BCUT2D eigenvalue weighted by Gasteiger charge is 2.30. The average molecular weight is 290 g/mol. The number of hydrogen-bond acceptors (Lipinski definition) is 4. The second-order valence-electron chi connectivity index (χ2n) is 4.41. The summed E-state index contributed by atoms with van der Waals surface area (Å²) < 4.78 is 0. The molecule has 0 spiro atoms. The molecular formula is C11H13Cl2N3O2. The Morgan fingerprint density at radius 3 is 2.89 bits per heavy atom. The summed E-state index contributed by atoms with van der Waals surface area (Å²) in [6, 6.07) is 1.41. The Kier molecular flexibility index (Phi) is 4.04. The SMILES string of the molecule is CC(O)C1CCN(C(=O)c2cc(Cl)nnc2Cl)C1. The van der Waals surface area contributed by atoms with Crippen molar-refractivity contribution in [1.82, 2.24) is 15.1 Å². The summed E-state index contributed by atoms with van der Waals surface area (Å²) in [5.41, 5.74) is 0.253. The number of likely N-dealkylation sites (tertiary alicyclic amines) is 1. The van der Waals surface area contributed by atoms with Crippen molar-refractivity contribution in [1.29, 1.82) is 0 Å². The highest BCUT2D eigenvalue weighted by Crippen LogP contribution is 2.24. The van der Waals surface area contributed by atoms with E-state index in [9.17, 15) is 9.90 Å². The van der Waals surface area contributed by atoms with Gasteiger partial charge in [-0.05, 0) is 19.4 Å². The molecule has 1 aromatic rings. The molecule has 2 heterocycles. The lowest BCUT2D eigenvalue weighted by Crippen LogP contribution is -2.30. The Balaban J connectivity index is 2.15. The van der Waals surface area contributed by atoms with Crippen LogP contribution in [0.15, 0.2) is 6.07 Å². The molecule has 0 aromatic carbocycles. The van der Waals surface area contributed by atoms with Crippen LogP contribution < -0.4 is 0 Å². The van der Waals surface area contributed by atoms with Crippen LogP contribution in [0.3, 0.4) is 0 Å². The minimum Gasteiger partial charge on any atom is -0.393 e. The molecule has 2 unspecified atom stereocenters. The first-order valence-corrected chi connectivity index (χ1v) is 6.40. The van der Waals surface area contributed by atoms with E-state index >= 15 is 0 Å². The zero-order valence-electron chi connectivity index (χ0n) is 9.81. The van der Waals surface area contributed by atoms with E-state index in [1.54, 1.807) is 11.8 Å². The van der Waals surface area contributed by atoms with Crippen molar-refractivity contribution < 1.29 is 9.90 Å². The molecule has 0 radical (unpaired) electrons. The Bertz CT molecular complexity index is 468. The van der Waals surface area contributed by atoms with Gasteiger partial charge in [0.15, 0.2) is 10.3 Å². The van der Waals surface area contributed by atoms with Gasteiger partial charge in [0.1, 0.15) is 0 Å². The maximum absolute atomic E-state index is 12.2. The Hall–Kier alpha value is -0.910. The molecular weight excluding hydrogens is 277 g/mol. The van der Waals surface area contributed by atoms with Gasteiger partial charge >= 0.3 is 0 Å². The summed E-state index contributed by atoms with van der Waals surface area (Å²) in [5.74, 6) is -0.113. The Morgan fingerprint density at radius 1 is 1.56 bits per heavy atom. The standard InChI is InChI=1S/C11H13Cl2N3O2/c1-6(17)7-2-3-16(5-7)11(18)8-4-9(12)14-15-10(8)13/h4,6-7,17H,2-3,5H2,1H3. The lowest BCUT2D eigenvalue weighted by Gasteiger charge is -2.18. The molecule has 2 atom stereocenters. The summed E-state index contributed by atoms with van der Waals surface area (Å²) in [4.78, 5) is 13.9. The molecule has 1 fully saturated rings. The van der Waals surface area contributed by atoms with Crippen molar-refractivity contribution in [2.45, 2.75) is 19.4 Å². The van der Waals surface area contributed by atoms with Gasteiger partial charge < -0.3 is 10.0 Å². The maximum atomic E-state index is 12.2. The molecule has 18 heavy (non-hydrogen) atoms. The van der Waals surface area contributed by atoms with E-state index in [0.717, 1.165) is 6.42 Å². The second-order valence-corrected chi connectivity index (χ2v) is 5.16. The number of nitrogens with zero attached hydrogens (tertiary/aromatic N) is 3. The van der Waals surface area contributed by atoms with Crippen LogP contribution in [-0.2, 0) is 0 Å². The molecule has 0 bridgehead atoms. The molecule has 1 saturated heterocycles. The number of aliphatic hydroxyl groups is 1. The first-order chi connectivity index (χ1) is 8.49. The zero-order chi connectivity index (χ0) is 13.3. The quantitative estimate of drug-likeness (QED) is 0.899. The number of carbonyl (C=O) groups excluding carboxylic acids is 1. The molecule has 98 valence electrons. The monoisotopic (exact) mass is 289 g/mol. The molecule has 1 amide bonds. The molecule has 1 aromatic heterocycles. The summed E-state index contributed by atoms with van der Waals surface area (Å²) >= 11 is 11.5. The molecule has 2 rings (SSSR count). The normalized spacial score (nSPS) is 21.1. The highest BCUT2D eigenvalue weighted by molar-refractivity contribution is 6.34. The summed E-state index contributed by atoms with van der Waals surface area (Å²) in [5, 5.41) is 16.9. The third-order valence-corrected chi connectivity index (χ3v) is 3.61. The Labute approximate surface area is 115 Å². The third kappa shape index (κ3) is 2.74. The molecule has 1 N–H and O–H groups in total. The van der Waals surface area contributed by atoms with Crippen molar-refractivity contribution in [3.05, 3.63) is 21.9 Å². The van der Waals surface area contributed by atoms with E-state index in [4.69, 9.17) is 23.2 Å². The maximum Gasteiger partial charge on any atom is 0.257 e. The second kappa shape index (κ2) is 5.38. The van der Waals surface area contributed by atoms with Crippen molar-refractivity contribution in [3.63, 3.8) is 0 Å². The minimum atomic E-state index is -0.419. The van der Waals surface area contributed by atoms with E-state index in [2.05, 4.69) is 10.2 Å². The Morgan fingerprint density at radius 2 is 2.28 bits per heavy atom. The molecule has 0 aliphatic carbocycles. The van der Waals surface area contributed by atoms with Crippen LogP contribution in [0.5, 0.6) is 0 Å². The largest absolute Gasteiger partial charge is 0.393 e. The lowest BCUT2D eigenvalue weighted by molar-refractivity contribution is 0.0762. The van der Waals surface area contributed by atoms with E-state index in [1.807, 2.05) is 0 Å². The first-order valence-electron chi connectivity index (χ1n) is 5.65. The fraction of sp³-hybridized carbons (Fsp3) is 0.545. The van der Waals surface area contributed by atoms with Gasteiger partial charge in [-0.25, -0.2) is 0 Å². The number of rotatable bonds is 2.